The average Bonchev–Trinajstić information content (AvgIpc) is 2.22. The molecule has 0 unspecified atom stereocenters. The smallest absolute Gasteiger partial charge is 0.234 e. The number of nitrogens with one attached hydrogen (secondary N) is 2. The maximum atomic E-state index is 11.3. The molecule has 0 spiro atoms. The number of nitrogens with zero attached hydrogens (tertiary/aromatic N) is 1. The van der Waals surface area contributed by atoms with Crippen LogP contribution >= 0.6 is 0 Å². The molecule has 4 heteroatoms. The largest absolute Gasteiger partial charge is 0.352 e. The van der Waals surface area contributed by atoms with E-state index in [1.54, 1.807) is 7.05 Å². The topological polar surface area (TPSA) is 44.4 Å². The summed E-state index contributed by atoms with van der Waals surface area (Å²) in [5, 5.41) is 5.88. The van der Waals surface area contributed by atoms with Gasteiger partial charge in [-0.05, 0) is 19.9 Å². The van der Waals surface area contributed by atoms with Crippen molar-refractivity contribution in [3.8, 4) is 0 Å². The fourth-order valence-electron chi connectivity index (χ4n) is 1.88. The summed E-state index contributed by atoms with van der Waals surface area (Å²) in [5.74, 6) is 0.0969. The summed E-state index contributed by atoms with van der Waals surface area (Å²) in [4.78, 5) is 13.7. The van der Waals surface area contributed by atoms with Crippen LogP contribution in [-0.4, -0.2) is 50.1 Å². The standard InChI is InChI=1S/C11H21N3O/c1-3-6-14-7-4-10(5-8-14)13-11(15)9-12-2/h3,10,12H,1,4-9H2,2H3,(H,13,15). The van der Waals surface area contributed by atoms with E-state index in [-0.39, 0.29) is 5.91 Å². The first kappa shape index (κ1) is 12.2. The number of likely N-dealkylation sites (tertiary alicyclic amines) is 1. The van der Waals surface area contributed by atoms with E-state index in [2.05, 4.69) is 22.1 Å². The Morgan fingerprint density at radius 3 is 2.73 bits per heavy atom. The Bertz CT molecular complexity index is 210. The molecule has 4 nitrogen and oxygen atoms in total. The number of hydrogen-bond acceptors (Lipinski definition) is 3. The molecule has 0 radical (unpaired) electrons. The van der Waals surface area contributed by atoms with Crippen molar-refractivity contribution >= 4 is 5.91 Å². The van der Waals surface area contributed by atoms with Gasteiger partial charge in [0.15, 0.2) is 0 Å². The SMILES string of the molecule is C=CCN1CCC(NC(=O)CNC)CC1. The molecule has 1 aliphatic rings. The van der Waals surface area contributed by atoms with Gasteiger partial charge < -0.3 is 10.6 Å². The van der Waals surface area contributed by atoms with Gasteiger partial charge in [-0.25, -0.2) is 0 Å². The third kappa shape index (κ3) is 4.44. The number of likely N-dealkylation sites (N-methyl/N-ethyl adjacent to an activating group) is 1. The Balaban J connectivity index is 2.19. The molecule has 0 atom stereocenters. The number of carbonyl (C=O) groups is 1. The molecule has 1 saturated heterocycles. The van der Waals surface area contributed by atoms with E-state index in [4.69, 9.17) is 0 Å². The molecular formula is C11H21N3O. The predicted molar refractivity (Wildman–Crippen MR) is 61.7 cm³/mol. The number of amides is 1. The van der Waals surface area contributed by atoms with Crippen molar-refractivity contribution in [1.82, 2.24) is 15.5 Å². The normalized spacial score (nSPS) is 18.7. The average molecular weight is 211 g/mol. The number of rotatable bonds is 5. The van der Waals surface area contributed by atoms with Gasteiger partial charge in [0.1, 0.15) is 0 Å². The lowest BCUT2D eigenvalue weighted by atomic mass is 10.1. The molecule has 0 saturated carbocycles. The van der Waals surface area contributed by atoms with Crippen LogP contribution in [0.25, 0.3) is 0 Å². The van der Waals surface area contributed by atoms with Crippen molar-refractivity contribution in [2.75, 3.05) is 33.2 Å². The zero-order chi connectivity index (χ0) is 11.1. The van der Waals surface area contributed by atoms with E-state index in [1.807, 2.05) is 6.08 Å². The van der Waals surface area contributed by atoms with Gasteiger partial charge in [0.05, 0.1) is 6.54 Å². The van der Waals surface area contributed by atoms with Crippen molar-refractivity contribution in [1.29, 1.82) is 0 Å². The Morgan fingerprint density at radius 2 is 2.20 bits per heavy atom. The van der Waals surface area contributed by atoms with Gasteiger partial charge in [-0.15, -0.1) is 6.58 Å². The second kappa shape index (κ2) is 6.58. The summed E-state index contributed by atoms with van der Waals surface area (Å²) in [5.41, 5.74) is 0. The van der Waals surface area contributed by atoms with Crippen LogP contribution in [0.15, 0.2) is 12.7 Å². The van der Waals surface area contributed by atoms with Crippen LogP contribution in [0.2, 0.25) is 0 Å². The third-order valence-electron chi connectivity index (χ3n) is 2.68. The first-order valence-corrected chi connectivity index (χ1v) is 5.53. The van der Waals surface area contributed by atoms with E-state index in [0.717, 1.165) is 32.5 Å². The molecule has 0 aromatic rings. The molecule has 0 aromatic heterocycles. The van der Waals surface area contributed by atoms with Crippen LogP contribution < -0.4 is 10.6 Å². The van der Waals surface area contributed by atoms with Gasteiger partial charge in [0.25, 0.3) is 0 Å². The molecule has 1 rings (SSSR count). The number of hydrogen-bond donors (Lipinski definition) is 2. The molecule has 2 N–H and O–H groups in total. The van der Waals surface area contributed by atoms with Crippen LogP contribution in [0, 0.1) is 0 Å². The van der Waals surface area contributed by atoms with Crippen molar-refractivity contribution in [2.45, 2.75) is 18.9 Å². The van der Waals surface area contributed by atoms with E-state index in [0.29, 0.717) is 12.6 Å². The molecule has 0 aliphatic carbocycles. The van der Waals surface area contributed by atoms with Gasteiger partial charge in [-0.1, -0.05) is 6.08 Å². The van der Waals surface area contributed by atoms with Crippen LogP contribution in [0.3, 0.4) is 0 Å². The second-order valence-electron chi connectivity index (χ2n) is 3.96. The summed E-state index contributed by atoms with van der Waals surface area (Å²) >= 11 is 0. The molecule has 1 aliphatic heterocycles. The van der Waals surface area contributed by atoms with E-state index >= 15 is 0 Å². The lowest BCUT2D eigenvalue weighted by Crippen LogP contribution is -2.46. The zero-order valence-corrected chi connectivity index (χ0v) is 9.46. The highest BCUT2D eigenvalue weighted by molar-refractivity contribution is 5.78. The van der Waals surface area contributed by atoms with Gasteiger partial charge in [0.2, 0.25) is 5.91 Å². The van der Waals surface area contributed by atoms with E-state index < -0.39 is 0 Å². The Hall–Kier alpha value is -0.870. The van der Waals surface area contributed by atoms with Crippen LogP contribution in [-0.2, 0) is 4.79 Å². The minimum atomic E-state index is 0.0969. The van der Waals surface area contributed by atoms with Gasteiger partial charge >= 0.3 is 0 Å². The quantitative estimate of drug-likeness (QED) is 0.628. The van der Waals surface area contributed by atoms with Crippen molar-refractivity contribution in [3.05, 3.63) is 12.7 Å². The summed E-state index contributed by atoms with van der Waals surface area (Å²) in [6, 6.07) is 0.354. The van der Waals surface area contributed by atoms with Crippen molar-refractivity contribution in [2.24, 2.45) is 0 Å². The summed E-state index contributed by atoms with van der Waals surface area (Å²) in [6.07, 6.45) is 4.02. The third-order valence-corrected chi connectivity index (χ3v) is 2.68. The second-order valence-corrected chi connectivity index (χ2v) is 3.96. The minimum Gasteiger partial charge on any atom is -0.352 e. The van der Waals surface area contributed by atoms with Crippen molar-refractivity contribution < 1.29 is 4.79 Å². The molecule has 15 heavy (non-hydrogen) atoms. The Morgan fingerprint density at radius 1 is 1.53 bits per heavy atom. The fraction of sp³-hybridized carbons (Fsp3) is 0.727. The first-order valence-electron chi connectivity index (χ1n) is 5.53. The zero-order valence-electron chi connectivity index (χ0n) is 9.46. The molecule has 1 amide bonds. The highest BCUT2D eigenvalue weighted by Crippen LogP contribution is 2.09. The van der Waals surface area contributed by atoms with E-state index in [9.17, 15) is 4.79 Å². The Kier molecular flexibility index (Phi) is 5.36. The minimum absolute atomic E-state index is 0.0969. The maximum absolute atomic E-state index is 11.3. The summed E-state index contributed by atoms with van der Waals surface area (Å²) in [6.45, 7) is 7.20. The molecule has 0 bridgehead atoms. The molecule has 86 valence electrons. The highest BCUT2D eigenvalue weighted by atomic mass is 16.1. The lowest BCUT2D eigenvalue weighted by Gasteiger charge is -2.31. The summed E-state index contributed by atoms with van der Waals surface area (Å²) in [7, 11) is 1.78. The molecule has 1 heterocycles. The fourth-order valence-corrected chi connectivity index (χ4v) is 1.88. The Labute approximate surface area is 91.7 Å². The number of carbonyl (C=O) groups excluding carboxylic acids is 1. The maximum Gasteiger partial charge on any atom is 0.234 e. The van der Waals surface area contributed by atoms with Crippen molar-refractivity contribution in [3.63, 3.8) is 0 Å². The van der Waals surface area contributed by atoms with Crippen LogP contribution in [0.5, 0.6) is 0 Å². The predicted octanol–water partition coefficient (Wildman–Crippen LogP) is -0.0276. The molecule has 0 aromatic carbocycles. The molecule has 1 fully saturated rings. The molecular weight excluding hydrogens is 190 g/mol. The lowest BCUT2D eigenvalue weighted by molar-refractivity contribution is -0.121. The van der Waals surface area contributed by atoms with Gasteiger partial charge in [-0.2, -0.15) is 0 Å². The summed E-state index contributed by atoms with van der Waals surface area (Å²) < 4.78 is 0. The van der Waals surface area contributed by atoms with Gasteiger partial charge in [0, 0.05) is 25.7 Å². The van der Waals surface area contributed by atoms with E-state index in [1.165, 1.54) is 0 Å². The van der Waals surface area contributed by atoms with Crippen LogP contribution in [0.1, 0.15) is 12.8 Å². The monoisotopic (exact) mass is 211 g/mol. The van der Waals surface area contributed by atoms with Gasteiger partial charge in [-0.3, -0.25) is 9.69 Å². The number of piperidine rings is 1. The van der Waals surface area contributed by atoms with Crippen LogP contribution in [0.4, 0.5) is 0 Å². The first-order chi connectivity index (χ1) is 7.26. The highest BCUT2D eigenvalue weighted by Gasteiger charge is 2.19.